The van der Waals surface area contributed by atoms with E-state index in [1.807, 2.05) is 12.1 Å². The molecule has 3 rings (SSSR count). The fourth-order valence-electron chi connectivity index (χ4n) is 2.91. The van der Waals surface area contributed by atoms with Crippen molar-refractivity contribution in [1.82, 2.24) is 0 Å². The maximum absolute atomic E-state index is 5.94. The van der Waals surface area contributed by atoms with Gasteiger partial charge in [-0.25, -0.2) is 0 Å². The summed E-state index contributed by atoms with van der Waals surface area (Å²) < 4.78 is 17.0. The Bertz CT molecular complexity index is 391. The molecule has 17 heavy (non-hydrogen) atoms. The van der Waals surface area contributed by atoms with E-state index in [-0.39, 0.29) is 6.10 Å². The first kappa shape index (κ1) is 11.1. The van der Waals surface area contributed by atoms with Crippen LogP contribution >= 0.6 is 0 Å². The predicted molar refractivity (Wildman–Crippen MR) is 64.2 cm³/mol. The van der Waals surface area contributed by atoms with E-state index in [1.54, 1.807) is 7.11 Å². The minimum absolute atomic E-state index is 0.173. The molecule has 0 bridgehead atoms. The van der Waals surface area contributed by atoms with Gasteiger partial charge in [-0.1, -0.05) is 12.1 Å². The van der Waals surface area contributed by atoms with Crippen LogP contribution in [0.5, 0.6) is 5.75 Å². The SMILES string of the molecule is COc1cccc([C@@H]2OCC[C@@H]3OCC[C@@H]32)c1. The summed E-state index contributed by atoms with van der Waals surface area (Å²) in [4.78, 5) is 0. The zero-order valence-electron chi connectivity index (χ0n) is 10.1. The Labute approximate surface area is 102 Å². The van der Waals surface area contributed by atoms with E-state index < -0.39 is 0 Å². The standard InChI is InChI=1S/C14H18O3/c1-15-11-4-2-3-10(9-11)14-12-5-7-16-13(12)6-8-17-14/h2-4,9,12-14H,5-8H2,1H3/t12-,13-,14-/m0/s1. The van der Waals surface area contributed by atoms with Crippen molar-refractivity contribution in [3.63, 3.8) is 0 Å². The first-order valence-electron chi connectivity index (χ1n) is 6.25. The van der Waals surface area contributed by atoms with Crippen LogP contribution in [-0.2, 0) is 9.47 Å². The number of rotatable bonds is 2. The highest BCUT2D eigenvalue weighted by molar-refractivity contribution is 5.30. The van der Waals surface area contributed by atoms with Crippen molar-refractivity contribution in [3.8, 4) is 5.75 Å². The normalized spacial score (nSPS) is 32.2. The van der Waals surface area contributed by atoms with E-state index in [0.29, 0.717) is 12.0 Å². The van der Waals surface area contributed by atoms with E-state index in [9.17, 15) is 0 Å². The maximum Gasteiger partial charge on any atom is 0.119 e. The highest BCUT2D eigenvalue weighted by Gasteiger charge is 2.39. The summed E-state index contributed by atoms with van der Waals surface area (Å²) in [6, 6.07) is 8.19. The third kappa shape index (κ3) is 2.05. The Kier molecular flexibility index (Phi) is 3.04. The second kappa shape index (κ2) is 4.67. The summed E-state index contributed by atoms with van der Waals surface area (Å²) in [7, 11) is 1.70. The zero-order chi connectivity index (χ0) is 11.7. The molecule has 3 nitrogen and oxygen atoms in total. The quantitative estimate of drug-likeness (QED) is 0.787. The average molecular weight is 234 g/mol. The lowest BCUT2D eigenvalue weighted by atomic mass is 9.87. The van der Waals surface area contributed by atoms with Crippen LogP contribution in [0.1, 0.15) is 24.5 Å². The van der Waals surface area contributed by atoms with Gasteiger partial charge in [-0.15, -0.1) is 0 Å². The summed E-state index contributed by atoms with van der Waals surface area (Å²) in [5, 5.41) is 0. The molecule has 2 heterocycles. The van der Waals surface area contributed by atoms with Crippen molar-refractivity contribution in [2.45, 2.75) is 25.0 Å². The maximum atomic E-state index is 5.94. The van der Waals surface area contributed by atoms with Crippen molar-refractivity contribution >= 4 is 0 Å². The molecule has 1 aromatic rings. The van der Waals surface area contributed by atoms with Crippen LogP contribution in [0, 0.1) is 5.92 Å². The molecule has 0 amide bonds. The third-order valence-corrected chi connectivity index (χ3v) is 3.77. The molecule has 92 valence electrons. The van der Waals surface area contributed by atoms with Gasteiger partial charge < -0.3 is 14.2 Å². The molecule has 0 aliphatic carbocycles. The summed E-state index contributed by atoms with van der Waals surface area (Å²) in [6.07, 6.45) is 2.70. The Balaban J connectivity index is 1.86. The number of fused-ring (bicyclic) bond motifs is 1. The summed E-state index contributed by atoms with van der Waals surface area (Å²) >= 11 is 0. The minimum Gasteiger partial charge on any atom is -0.497 e. The molecule has 1 aromatic carbocycles. The molecule has 2 aliphatic heterocycles. The largest absolute Gasteiger partial charge is 0.497 e. The van der Waals surface area contributed by atoms with Crippen molar-refractivity contribution in [1.29, 1.82) is 0 Å². The van der Waals surface area contributed by atoms with Gasteiger partial charge in [0.25, 0.3) is 0 Å². The number of methoxy groups -OCH3 is 1. The first-order valence-corrected chi connectivity index (χ1v) is 6.25. The molecule has 0 saturated carbocycles. The number of ether oxygens (including phenoxy) is 3. The van der Waals surface area contributed by atoms with Gasteiger partial charge in [-0.05, 0) is 30.5 Å². The van der Waals surface area contributed by atoms with Gasteiger partial charge in [-0.3, -0.25) is 0 Å². The van der Waals surface area contributed by atoms with Gasteiger partial charge >= 0.3 is 0 Å². The number of benzene rings is 1. The second-order valence-corrected chi connectivity index (χ2v) is 4.72. The van der Waals surface area contributed by atoms with Gasteiger partial charge in [-0.2, -0.15) is 0 Å². The molecule has 2 fully saturated rings. The second-order valence-electron chi connectivity index (χ2n) is 4.72. The van der Waals surface area contributed by atoms with Gasteiger partial charge in [0.05, 0.1) is 19.3 Å². The fourth-order valence-corrected chi connectivity index (χ4v) is 2.91. The lowest BCUT2D eigenvalue weighted by Crippen LogP contribution is -2.31. The number of hydrogen-bond acceptors (Lipinski definition) is 3. The molecule has 0 aromatic heterocycles. The van der Waals surface area contributed by atoms with Crippen LogP contribution in [0.25, 0.3) is 0 Å². The molecule has 0 N–H and O–H groups in total. The topological polar surface area (TPSA) is 27.7 Å². The van der Waals surface area contributed by atoms with Crippen LogP contribution in [0.2, 0.25) is 0 Å². The fraction of sp³-hybridized carbons (Fsp3) is 0.571. The van der Waals surface area contributed by atoms with Crippen LogP contribution in [0.4, 0.5) is 0 Å². The van der Waals surface area contributed by atoms with Gasteiger partial charge in [0.1, 0.15) is 5.75 Å². The van der Waals surface area contributed by atoms with Crippen LogP contribution in [-0.4, -0.2) is 26.4 Å². The Morgan fingerprint density at radius 3 is 2.94 bits per heavy atom. The van der Waals surface area contributed by atoms with Crippen molar-refractivity contribution in [3.05, 3.63) is 29.8 Å². The average Bonchev–Trinajstić information content (AvgIpc) is 2.87. The van der Waals surface area contributed by atoms with Gasteiger partial charge in [0, 0.05) is 19.1 Å². The Morgan fingerprint density at radius 2 is 2.06 bits per heavy atom. The Hall–Kier alpha value is -1.06. The molecule has 2 saturated heterocycles. The molecule has 3 atom stereocenters. The molecular weight excluding hydrogens is 216 g/mol. The van der Waals surface area contributed by atoms with Crippen LogP contribution in [0.3, 0.4) is 0 Å². The lowest BCUT2D eigenvalue weighted by Gasteiger charge is -2.33. The minimum atomic E-state index is 0.173. The molecule has 0 unspecified atom stereocenters. The third-order valence-electron chi connectivity index (χ3n) is 3.77. The van der Waals surface area contributed by atoms with E-state index in [2.05, 4.69) is 12.1 Å². The predicted octanol–water partition coefficient (Wildman–Crippen LogP) is 2.56. The van der Waals surface area contributed by atoms with Crippen molar-refractivity contribution < 1.29 is 14.2 Å². The van der Waals surface area contributed by atoms with Crippen molar-refractivity contribution in [2.75, 3.05) is 20.3 Å². The smallest absolute Gasteiger partial charge is 0.119 e. The molecule has 3 heteroatoms. The van der Waals surface area contributed by atoms with Gasteiger partial charge in [0.2, 0.25) is 0 Å². The van der Waals surface area contributed by atoms with E-state index in [1.165, 1.54) is 5.56 Å². The molecule has 0 radical (unpaired) electrons. The zero-order valence-corrected chi connectivity index (χ0v) is 10.1. The van der Waals surface area contributed by atoms with E-state index >= 15 is 0 Å². The van der Waals surface area contributed by atoms with Crippen molar-refractivity contribution in [2.24, 2.45) is 5.92 Å². The monoisotopic (exact) mass is 234 g/mol. The summed E-state index contributed by atoms with van der Waals surface area (Å²) in [6.45, 7) is 1.67. The highest BCUT2D eigenvalue weighted by Crippen LogP contribution is 2.41. The molecular formula is C14H18O3. The van der Waals surface area contributed by atoms with E-state index in [4.69, 9.17) is 14.2 Å². The van der Waals surface area contributed by atoms with Gasteiger partial charge in [0.15, 0.2) is 0 Å². The molecule has 0 spiro atoms. The Morgan fingerprint density at radius 1 is 1.18 bits per heavy atom. The van der Waals surface area contributed by atoms with E-state index in [0.717, 1.165) is 31.8 Å². The first-order chi connectivity index (χ1) is 8.38. The summed E-state index contributed by atoms with van der Waals surface area (Å²) in [5.74, 6) is 1.41. The summed E-state index contributed by atoms with van der Waals surface area (Å²) in [5.41, 5.74) is 1.21. The van der Waals surface area contributed by atoms with Crippen LogP contribution in [0.15, 0.2) is 24.3 Å². The van der Waals surface area contributed by atoms with Crippen LogP contribution < -0.4 is 4.74 Å². The molecule has 2 aliphatic rings. The lowest BCUT2D eigenvalue weighted by molar-refractivity contribution is -0.0760. The number of hydrogen-bond donors (Lipinski definition) is 0. The highest BCUT2D eigenvalue weighted by atomic mass is 16.5.